The standard InChI is InChI=1S/C38H26BNO3/c1-23-10-14-25(15-11-23)40(26-16-12-24(2)13-17-26)27-18-19-28-29-21-37-31(22-36(29)43-35(28)20-27)39-30-6-3-4-7-32(30)41-33-8-5-9-34(42-37)38(33)39/h3-22H,1-2H3. The summed E-state index contributed by atoms with van der Waals surface area (Å²) in [5.74, 6) is 3.41. The molecule has 0 amide bonds. The minimum absolute atomic E-state index is 0.00615. The lowest BCUT2D eigenvalue weighted by Gasteiger charge is -2.32. The maximum absolute atomic E-state index is 6.62. The van der Waals surface area contributed by atoms with Gasteiger partial charge in [0.1, 0.15) is 34.2 Å². The van der Waals surface area contributed by atoms with E-state index in [1.54, 1.807) is 0 Å². The van der Waals surface area contributed by atoms with E-state index in [9.17, 15) is 0 Å². The van der Waals surface area contributed by atoms with Crippen LogP contribution in [-0.4, -0.2) is 6.71 Å². The van der Waals surface area contributed by atoms with Crippen molar-refractivity contribution >= 4 is 62.1 Å². The zero-order valence-corrected chi connectivity index (χ0v) is 23.8. The van der Waals surface area contributed by atoms with Crippen molar-refractivity contribution < 1.29 is 13.9 Å². The van der Waals surface area contributed by atoms with Crippen LogP contribution in [0.5, 0.6) is 23.0 Å². The monoisotopic (exact) mass is 555 g/mol. The van der Waals surface area contributed by atoms with Gasteiger partial charge in [-0.2, -0.15) is 0 Å². The van der Waals surface area contributed by atoms with Gasteiger partial charge in [0.25, 0.3) is 6.71 Å². The van der Waals surface area contributed by atoms with Gasteiger partial charge >= 0.3 is 0 Å². The topological polar surface area (TPSA) is 34.8 Å². The molecule has 9 rings (SSSR count). The molecule has 0 radical (unpaired) electrons. The molecule has 43 heavy (non-hydrogen) atoms. The fourth-order valence-corrected chi connectivity index (χ4v) is 6.61. The van der Waals surface area contributed by atoms with E-state index in [2.05, 4.69) is 110 Å². The van der Waals surface area contributed by atoms with E-state index in [4.69, 9.17) is 13.9 Å². The van der Waals surface area contributed by atoms with Crippen molar-refractivity contribution in [3.05, 3.63) is 132 Å². The summed E-state index contributed by atoms with van der Waals surface area (Å²) in [7, 11) is 0. The quantitative estimate of drug-likeness (QED) is 0.205. The largest absolute Gasteiger partial charge is 0.458 e. The third-order valence-electron chi connectivity index (χ3n) is 8.73. The second-order valence-electron chi connectivity index (χ2n) is 11.5. The highest BCUT2D eigenvalue weighted by Gasteiger charge is 2.40. The minimum Gasteiger partial charge on any atom is -0.458 e. The number of hydrogen-bond acceptors (Lipinski definition) is 4. The van der Waals surface area contributed by atoms with Crippen LogP contribution in [0.1, 0.15) is 11.1 Å². The first-order valence-corrected chi connectivity index (χ1v) is 14.6. The summed E-state index contributed by atoms with van der Waals surface area (Å²) in [5.41, 5.74) is 10.7. The first-order chi connectivity index (χ1) is 21.1. The molecule has 0 saturated carbocycles. The Hall–Kier alpha value is -5.42. The highest BCUT2D eigenvalue weighted by Crippen LogP contribution is 2.41. The summed E-state index contributed by atoms with van der Waals surface area (Å²) < 4.78 is 19.4. The fourth-order valence-electron chi connectivity index (χ4n) is 6.61. The number of nitrogens with zero attached hydrogens (tertiary/aromatic N) is 1. The summed E-state index contributed by atoms with van der Waals surface area (Å²) in [5, 5.41) is 2.10. The molecule has 2 aliphatic heterocycles. The Kier molecular flexibility index (Phi) is 5.09. The Balaban J connectivity index is 1.21. The number of hydrogen-bond donors (Lipinski definition) is 0. The maximum Gasteiger partial charge on any atom is 0.260 e. The van der Waals surface area contributed by atoms with E-state index >= 15 is 0 Å². The smallest absolute Gasteiger partial charge is 0.260 e. The lowest BCUT2D eigenvalue weighted by Crippen LogP contribution is -2.57. The maximum atomic E-state index is 6.62. The van der Waals surface area contributed by atoms with Crippen LogP contribution < -0.4 is 30.8 Å². The normalized spacial score (nSPS) is 12.7. The average Bonchev–Trinajstić information content (AvgIpc) is 3.38. The van der Waals surface area contributed by atoms with E-state index in [0.717, 1.165) is 78.4 Å². The Morgan fingerprint density at radius 3 is 1.81 bits per heavy atom. The molecule has 4 nitrogen and oxygen atoms in total. The van der Waals surface area contributed by atoms with E-state index in [1.807, 2.05) is 30.3 Å². The van der Waals surface area contributed by atoms with Gasteiger partial charge in [0.15, 0.2) is 0 Å². The molecule has 0 spiro atoms. The van der Waals surface area contributed by atoms with Crippen molar-refractivity contribution in [1.29, 1.82) is 0 Å². The number of benzene rings is 6. The van der Waals surface area contributed by atoms with Crippen molar-refractivity contribution in [2.75, 3.05) is 4.90 Å². The summed E-state index contributed by atoms with van der Waals surface area (Å²) in [6.45, 7) is 4.23. The number of furan rings is 1. The average molecular weight is 555 g/mol. The van der Waals surface area contributed by atoms with Gasteiger partial charge in [-0.1, -0.05) is 59.7 Å². The van der Waals surface area contributed by atoms with Gasteiger partial charge in [0.05, 0.1) is 0 Å². The summed E-state index contributed by atoms with van der Waals surface area (Å²) in [4.78, 5) is 2.27. The Morgan fingerprint density at radius 2 is 1.09 bits per heavy atom. The van der Waals surface area contributed by atoms with Gasteiger partial charge in [-0.3, -0.25) is 0 Å². The SMILES string of the molecule is Cc1ccc(N(c2ccc(C)cc2)c2ccc3c(c2)oc2cc4c(cc23)Oc2cccc3c2B4c2ccccc2O3)cc1. The third kappa shape index (κ3) is 3.71. The van der Waals surface area contributed by atoms with E-state index in [-0.39, 0.29) is 6.71 Å². The van der Waals surface area contributed by atoms with Gasteiger partial charge in [-0.05, 0) is 91.5 Å². The molecule has 3 heterocycles. The molecule has 1 aromatic heterocycles. The number of aryl methyl sites for hydroxylation is 2. The van der Waals surface area contributed by atoms with Crippen molar-refractivity contribution in [3.8, 4) is 23.0 Å². The summed E-state index contributed by atoms with van der Waals surface area (Å²) in [6, 6.07) is 42.4. The number of anilines is 3. The van der Waals surface area contributed by atoms with Gasteiger partial charge in [0.2, 0.25) is 0 Å². The summed E-state index contributed by atoms with van der Waals surface area (Å²) >= 11 is 0. The first-order valence-electron chi connectivity index (χ1n) is 14.6. The van der Waals surface area contributed by atoms with Crippen molar-refractivity contribution in [3.63, 3.8) is 0 Å². The van der Waals surface area contributed by atoms with Crippen LogP contribution in [0.3, 0.4) is 0 Å². The van der Waals surface area contributed by atoms with Crippen molar-refractivity contribution in [2.45, 2.75) is 13.8 Å². The third-order valence-corrected chi connectivity index (χ3v) is 8.73. The van der Waals surface area contributed by atoms with Crippen LogP contribution in [0.25, 0.3) is 21.9 Å². The molecule has 5 heteroatoms. The molecular formula is C38H26BNO3. The van der Waals surface area contributed by atoms with Crippen LogP contribution >= 0.6 is 0 Å². The Morgan fingerprint density at radius 1 is 0.488 bits per heavy atom. The predicted octanol–water partition coefficient (Wildman–Crippen LogP) is 8.40. The molecule has 7 aromatic rings. The molecule has 0 unspecified atom stereocenters. The molecule has 0 fully saturated rings. The number of rotatable bonds is 3. The van der Waals surface area contributed by atoms with Gasteiger partial charge in [0, 0.05) is 39.4 Å². The molecular weight excluding hydrogens is 529 g/mol. The van der Waals surface area contributed by atoms with E-state index in [1.165, 1.54) is 11.1 Å². The van der Waals surface area contributed by atoms with Crippen LogP contribution in [-0.2, 0) is 0 Å². The Bertz CT molecular complexity index is 2170. The zero-order valence-electron chi connectivity index (χ0n) is 23.8. The highest BCUT2D eigenvalue weighted by molar-refractivity contribution is 6.98. The zero-order chi connectivity index (χ0) is 28.7. The van der Waals surface area contributed by atoms with Crippen molar-refractivity contribution in [1.82, 2.24) is 0 Å². The predicted molar refractivity (Wildman–Crippen MR) is 176 cm³/mol. The van der Waals surface area contributed by atoms with Crippen LogP contribution in [0, 0.1) is 13.8 Å². The lowest BCUT2D eigenvalue weighted by atomic mass is 9.35. The molecule has 6 aromatic carbocycles. The minimum atomic E-state index is 0.00615. The van der Waals surface area contributed by atoms with Gasteiger partial charge in [-0.25, -0.2) is 0 Å². The lowest BCUT2D eigenvalue weighted by molar-refractivity contribution is 0.465. The molecule has 0 bridgehead atoms. The molecule has 204 valence electrons. The second kappa shape index (κ2) is 9.04. The molecule has 0 aliphatic carbocycles. The van der Waals surface area contributed by atoms with Crippen molar-refractivity contribution in [2.24, 2.45) is 0 Å². The molecule has 0 atom stereocenters. The Labute approximate surface area is 249 Å². The number of para-hydroxylation sites is 1. The van der Waals surface area contributed by atoms with Gasteiger partial charge < -0.3 is 18.8 Å². The van der Waals surface area contributed by atoms with Gasteiger partial charge in [-0.15, -0.1) is 0 Å². The number of fused-ring (bicyclic) bond motifs is 7. The second-order valence-corrected chi connectivity index (χ2v) is 11.5. The van der Waals surface area contributed by atoms with Crippen LogP contribution in [0.4, 0.5) is 17.1 Å². The van der Waals surface area contributed by atoms with E-state index in [0.29, 0.717) is 0 Å². The molecule has 2 aliphatic rings. The molecule has 0 N–H and O–H groups in total. The number of ether oxygens (including phenoxy) is 2. The summed E-state index contributed by atoms with van der Waals surface area (Å²) in [6.07, 6.45) is 0. The fraction of sp³-hybridized carbons (Fsp3) is 0.0526. The highest BCUT2D eigenvalue weighted by atomic mass is 16.5. The van der Waals surface area contributed by atoms with Crippen LogP contribution in [0.15, 0.2) is 126 Å². The molecule has 0 saturated heterocycles. The van der Waals surface area contributed by atoms with Crippen LogP contribution in [0.2, 0.25) is 0 Å². The van der Waals surface area contributed by atoms with E-state index < -0.39 is 0 Å². The first kappa shape index (κ1) is 24.2.